The van der Waals surface area contributed by atoms with Crippen molar-refractivity contribution in [1.29, 1.82) is 0 Å². The summed E-state index contributed by atoms with van der Waals surface area (Å²) < 4.78 is 39.8. The fourth-order valence-electron chi connectivity index (χ4n) is 3.80. The van der Waals surface area contributed by atoms with Gasteiger partial charge in [0.05, 0.1) is 4.90 Å². The number of halogens is 1. The van der Waals surface area contributed by atoms with Crippen molar-refractivity contribution in [3.63, 3.8) is 0 Å². The Morgan fingerprint density at radius 1 is 1.11 bits per heavy atom. The van der Waals surface area contributed by atoms with E-state index in [4.69, 9.17) is 0 Å². The third-order valence-corrected chi connectivity index (χ3v) is 7.31. The third-order valence-electron chi connectivity index (χ3n) is 5.39. The van der Waals surface area contributed by atoms with Gasteiger partial charge in [0.25, 0.3) is 0 Å². The highest BCUT2D eigenvalue weighted by atomic mass is 32.2. The minimum absolute atomic E-state index is 0.0633. The minimum Gasteiger partial charge on any atom is -0.310 e. The fourth-order valence-corrected chi connectivity index (χ4v) is 5.27. The standard InChI is InChI=1S/C19H21FN4O3S/c20-14-4-6-15(7-5-14)28(26,27)24-10-8-13(9-11-24)19(25)23-18-16-2-1-3-17(16)21-12-22-18/h4-7,12-13H,1-3,8-11H2,(H,21,22,23,25). The first-order valence-corrected chi connectivity index (χ1v) is 10.8. The van der Waals surface area contributed by atoms with Crippen molar-refractivity contribution in [3.8, 4) is 0 Å². The van der Waals surface area contributed by atoms with Gasteiger partial charge in [-0.05, 0) is 56.4 Å². The van der Waals surface area contributed by atoms with Gasteiger partial charge >= 0.3 is 0 Å². The van der Waals surface area contributed by atoms with Gasteiger partial charge in [-0.1, -0.05) is 0 Å². The fraction of sp³-hybridized carbons (Fsp3) is 0.421. The van der Waals surface area contributed by atoms with Crippen LogP contribution in [-0.2, 0) is 27.7 Å². The monoisotopic (exact) mass is 404 g/mol. The predicted molar refractivity (Wildman–Crippen MR) is 101 cm³/mol. The van der Waals surface area contributed by atoms with E-state index in [1.54, 1.807) is 0 Å². The van der Waals surface area contributed by atoms with E-state index in [9.17, 15) is 17.6 Å². The molecule has 1 amide bonds. The van der Waals surface area contributed by atoms with E-state index in [0.29, 0.717) is 18.7 Å². The van der Waals surface area contributed by atoms with E-state index in [1.807, 2.05) is 0 Å². The molecule has 0 bridgehead atoms. The largest absolute Gasteiger partial charge is 0.310 e. The maximum atomic E-state index is 13.1. The molecule has 0 spiro atoms. The summed E-state index contributed by atoms with van der Waals surface area (Å²) >= 11 is 0. The molecule has 1 N–H and O–H groups in total. The molecule has 4 rings (SSSR count). The van der Waals surface area contributed by atoms with Crippen molar-refractivity contribution in [1.82, 2.24) is 14.3 Å². The molecule has 1 aromatic carbocycles. The van der Waals surface area contributed by atoms with Crippen LogP contribution in [0.25, 0.3) is 0 Å². The number of aromatic nitrogens is 2. The average molecular weight is 404 g/mol. The van der Waals surface area contributed by atoms with Gasteiger partial charge in [-0.15, -0.1) is 0 Å². The van der Waals surface area contributed by atoms with E-state index in [0.717, 1.165) is 42.7 Å². The summed E-state index contributed by atoms with van der Waals surface area (Å²) in [5.74, 6) is -0.308. The van der Waals surface area contributed by atoms with Gasteiger partial charge in [-0.2, -0.15) is 4.31 Å². The highest BCUT2D eigenvalue weighted by Gasteiger charge is 2.32. The Bertz CT molecular complexity index is 987. The number of hydrogen-bond donors (Lipinski definition) is 1. The Kier molecular flexibility index (Phi) is 5.11. The second kappa shape index (κ2) is 7.56. The number of nitrogens with one attached hydrogen (secondary N) is 1. The number of anilines is 1. The number of amides is 1. The Morgan fingerprint density at radius 2 is 1.82 bits per heavy atom. The van der Waals surface area contributed by atoms with Crippen LogP contribution < -0.4 is 5.32 Å². The number of carbonyl (C=O) groups excluding carboxylic acids is 1. The van der Waals surface area contributed by atoms with Crippen LogP contribution in [0.15, 0.2) is 35.5 Å². The molecule has 1 aromatic heterocycles. The lowest BCUT2D eigenvalue weighted by Gasteiger charge is -2.30. The van der Waals surface area contributed by atoms with Crippen LogP contribution in [0.4, 0.5) is 10.2 Å². The van der Waals surface area contributed by atoms with E-state index in [1.165, 1.54) is 22.8 Å². The molecule has 0 radical (unpaired) electrons. The molecule has 1 aliphatic carbocycles. The SMILES string of the molecule is O=C(Nc1ncnc2c1CCC2)C1CCN(S(=O)(=O)c2ccc(F)cc2)CC1. The summed E-state index contributed by atoms with van der Waals surface area (Å²) in [4.78, 5) is 21.2. The molecule has 1 aliphatic heterocycles. The number of carbonyl (C=O) groups is 1. The smallest absolute Gasteiger partial charge is 0.243 e. The molecule has 148 valence electrons. The molecule has 1 fully saturated rings. The predicted octanol–water partition coefficient (Wildman–Crippen LogP) is 2.14. The highest BCUT2D eigenvalue weighted by Crippen LogP contribution is 2.28. The number of piperidine rings is 1. The Labute approximate surface area is 163 Å². The molecule has 9 heteroatoms. The lowest BCUT2D eigenvalue weighted by atomic mass is 9.97. The Balaban J connectivity index is 1.39. The summed E-state index contributed by atoms with van der Waals surface area (Å²) in [6.45, 7) is 0.499. The summed E-state index contributed by atoms with van der Waals surface area (Å²) in [6.07, 6.45) is 5.10. The molecule has 2 aromatic rings. The van der Waals surface area contributed by atoms with Crippen LogP contribution in [0.3, 0.4) is 0 Å². The first kappa shape index (κ1) is 18.9. The summed E-state index contributed by atoms with van der Waals surface area (Å²) in [5, 5.41) is 2.90. The zero-order valence-corrected chi connectivity index (χ0v) is 16.1. The maximum absolute atomic E-state index is 13.1. The lowest BCUT2D eigenvalue weighted by molar-refractivity contribution is -0.120. The van der Waals surface area contributed by atoms with Crippen molar-refractivity contribution >= 4 is 21.7 Å². The van der Waals surface area contributed by atoms with Crippen LogP contribution in [-0.4, -0.2) is 41.7 Å². The van der Waals surface area contributed by atoms with E-state index in [2.05, 4.69) is 15.3 Å². The third kappa shape index (κ3) is 3.64. The molecular weight excluding hydrogens is 383 g/mol. The molecular formula is C19H21FN4O3S. The van der Waals surface area contributed by atoms with Crippen LogP contribution in [0.5, 0.6) is 0 Å². The number of nitrogens with zero attached hydrogens (tertiary/aromatic N) is 3. The molecule has 0 atom stereocenters. The van der Waals surface area contributed by atoms with Crippen molar-refractivity contribution in [2.75, 3.05) is 18.4 Å². The molecule has 7 nitrogen and oxygen atoms in total. The maximum Gasteiger partial charge on any atom is 0.243 e. The van der Waals surface area contributed by atoms with Gasteiger partial charge in [0.15, 0.2) is 0 Å². The number of hydrogen-bond acceptors (Lipinski definition) is 5. The first-order chi connectivity index (χ1) is 13.4. The summed E-state index contributed by atoms with van der Waals surface area (Å²) in [6, 6.07) is 4.79. The second-order valence-electron chi connectivity index (χ2n) is 7.12. The Morgan fingerprint density at radius 3 is 2.54 bits per heavy atom. The van der Waals surface area contributed by atoms with Crippen LogP contribution in [0.1, 0.15) is 30.5 Å². The van der Waals surface area contributed by atoms with Crippen molar-refractivity contribution < 1.29 is 17.6 Å². The molecule has 2 heterocycles. The van der Waals surface area contributed by atoms with Gasteiger partial charge < -0.3 is 5.32 Å². The molecule has 28 heavy (non-hydrogen) atoms. The van der Waals surface area contributed by atoms with Crippen LogP contribution >= 0.6 is 0 Å². The topological polar surface area (TPSA) is 92.3 Å². The first-order valence-electron chi connectivity index (χ1n) is 9.34. The average Bonchev–Trinajstić information content (AvgIpc) is 3.18. The number of fused-ring (bicyclic) bond motifs is 1. The zero-order valence-electron chi connectivity index (χ0n) is 15.3. The van der Waals surface area contributed by atoms with Gasteiger partial charge in [-0.25, -0.2) is 22.8 Å². The normalized spacial score (nSPS) is 18.0. The van der Waals surface area contributed by atoms with Crippen molar-refractivity contribution in [2.24, 2.45) is 5.92 Å². The lowest BCUT2D eigenvalue weighted by Crippen LogP contribution is -2.41. The second-order valence-corrected chi connectivity index (χ2v) is 9.06. The number of sulfonamides is 1. The number of aryl methyl sites for hydroxylation is 1. The van der Waals surface area contributed by atoms with Crippen LogP contribution in [0.2, 0.25) is 0 Å². The Hall–Kier alpha value is -2.39. The highest BCUT2D eigenvalue weighted by molar-refractivity contribution is 7.89. The summed E-state index contributed by atoms with van der Waals surface area (Å²) in [5.41, 5.74) is 2.00. The van der Waals surface area contributed by atoms with E-state index < -0.39 is 15.8 Å². The van der Waals surface area contributed by atoms with Crippen molar-refractivity contribution in [2.45, 2.75) is 37.0 Å². The number of benzene rings is 1. The van der Waals surface area contributed by atoms with Crippen molar-refractivity contribution in [3.05, 3.63) is 47.7 Å². The molecule has 0 unspecified atom stereocenters. The van der Waals surface area contributed by atoms with Gasteiger partial charge in [0, 0.05) is 30.3 Å². The molecule has 1 saturated heterocycles. The minimum atomic E-state index is -3.68. The zero-order chi connectivity index (χ0) is 19.7. The van der Waals surface area contributed by atoms with Crippen LogP contribution in [0, 0.1) is 11.7 Å². The summed E-state index contributed by atoms with van der Waals surface area (Å²) in [7, 11) is -3.68. The molecule has 2 aliphatic rings. The van der Waals surface area contributed by atoms with Gasteiger partial charge in [0.2, 0.25) is 15.9 Å². The van der Waals surface area contributed by atoms with Gasteiger partial charge in [-0.3, -0.25) is 4.79 Å². The molecule has 0 saturated carbocycles. The van der Waals surface area contributed by atoms with E-state index >= 15 is 0 Å². The number of rotatable bonds is 4. The van der Waals surface area contributed by atoms with E-state index in [-0.39, 0.29) is 29.8 Å². The quantitative estimate of drug-likeness (QED) is 0.843. The van der Waals surface area contributed by atoms with Gasteiger partial charge in [0.1, 0.15) is 18.0 Å².